The van der Waals surface area contributed by atoms with Crippen LogP contribution in [0.3, 0.4) is 0 Å². The third kappa shape index (κ3) is 5.36. The summed E-state index contributed by atoms with van der Waals surface area (Å²) in [6.07, 6.45) is 3.06. The average Bonchev–Trinajstić information content (AvgIpc) is 3.49. The van der Waals surface area contributed by atoms with Gasteiger partial charge in [0, 0.05) is 18.7 Å². The van der Waals surface area contributed by atoms with Crippen LogP contribution in [-0.4, -0.2) is 38.6 Å². The van der Waals surface area contributed by atoms with Crippen molar-refractivity contribution in [3.8, 4) is 11.3 Å². The molecule has 2 aromatic carbocycles. The molecule has 1 saturated heterocycles. The fourth-order valence-electron chi connectivity index (χ4n) is 3.25. The van der Waals surface area contributed by atoms with E-state index in [1.165, 1.54) is 18.2 Å². The monoisotopic (exact) mass is 476 g/mol. The lowest BCUT2D eigenvalue weighted by atomic mass is 10.2. The Morgan fingerprint density at radius 2 is 2.03 bits per heavy atom. The number of ether oxygens (including phenoxy) is 2. The van der Waals surface area contributed by atoms with Gasteiger partial charge in [0.15, 0.2) is 12.4 Å². The molecule has 1 unspecified atom stereocenters. The Balaban J connectivity index is 1.41. The molecule has 1 atom stereocenters. The van der Waals surface area contributed by atoms with Gasteiger partial charge in [0.1, 0.15) is 4.90 Å². The van der Waals surface area contributed by atoms with Crippen molar-refractivity contribution in [3.63, 3.8) is 0 Å². The molecular weight excluding hydrogens is 456 g/mol. The Morgan fingerprint density at radius 3 is 2.78 bits per heavy atom. The first-order valence-electron chi connectivity index (χ1n) is 10.0. The van der Waals surface area contributed by atoms with Crippen LogP contribution in [0.4, 0.5) is 0 Å². The van der Waals surface area contributed by atoms with Gasteiger partial charge < -0.3 is 13.9 Å². The van der Waals surface area contributed by atoms with E-state index in [0.29, 0.717) is 12.4 Å². The zero-order chi connectivity index (χ0) is 22.6. The van der Waals surface area contributed by atoms with Crippen LogP contribution < -0.4 is 4.72 Å². The number of nitrogens with one attached hydrogen (secondary N) is 1. The number of aromatic nitrogens is 1. The van der Waals surface area contributed by atoms with Gasteiger partial charge in [-0.2, -0.15) is 0 Å². The lowest BCUT2D eigenvalue weighted by Gasteiger charge is -2.13. The van der Waals surface area contributed by atoms with E-state index < -0.39 is 16.0 Å². The number of hydrogen-bond acceptors (Lipinski definition) is 7. The molecule has 0 bridgehead atoms. The second-order valence-corrected chi connectivity index (χ2v) is 9.34. The van der Waals surface area contributed by atoms with Crippen molar-refractivity contribution in [1.29, 1.82) is 0 Å². The molecule has 0 amide bonds. The molecule has 4 rings (SSSR count). The molecule has 1 aliphatic rings. The first kappa shape index (κ1) is 22.5. The van der Waals surface area contributed by atoms with Crippen LogP contribution in [0.15, 0.2) is 64.0 Å². The van der Waals surface area contributed by atoms with E-state index >= 15 is 0 Å². The number of carbonyl (C=O) groups excluding carboxylic acids is 1. The summed E-state index contributed by atoms with van der Waals surface area (Å²) >= 11 is 6.09. The number of benzene rings is 2. The fourth-order valence-corrected chi connectivity index (χ4v) is 4.84. The second-order valence-electron chi connectivity index (χ2n) is 7.19. The molecule has 0 aliphatic carbocycles. The summed E-state index contributed by atoms with van der Waals surface area (Å²) in [4.78, 5) is 16.4. The molecular formula is C22H21ClN2O6S. The van der Waals surface area contributed by atoms with Gasteiger partial charge in [-0.25, -0.2) is 22.9 Å². The van der Waals surface area contributed by atoms with Gasteiger partial charge in [0.05, 0.1) is 22.9 Å². The Bertz CT molecular complexity index is 1190. The topological polar surface area (TPSA) is 108 Å². The first-order valence-corrected chi connectivity index (χ1v) is 11.9. The lowest BCUT2D eigenvalue weighted by molar-refractivity contribution is 0.0438. The standard InChI is InChI=1S/C22H21ClN2O6S/c23-18-9-8-16(11-20(18)32(27,28)25-12-17-7-4-10-29-17)22(26)30-14-21-24-13-19(31-21)15-5-2-1-3-6-15/h1-3,5-6,8-9,11,13,17,25H,4,7,10,12,14H2. The molecule has 168 valence electrons. The second kappa shape index (κ2) is 9.83. The molecule has 1 aliphatic heterocycles. The van der Waals surface area contributed by atoms with Crippen LogP contribution in [0, 0.1) is 0 Å². The minimum absolute atomic E-state index is 0.00148. The van der Waals surface area contributed by atoms with Crippen molar-refractivity contribution in [2.24, 2.45) is 0 Å². The maximum absolute atomic E-state index is 12.7. The largest absolute Gasteiger partial charge is 0.452 e. The summed E-state index contributed by atoms with van der Waals surface area (Å²) in [6, 6.07) is 13.3. The predicted molar refractivity (Wildman–Crippen MR) is 117 cm³/mol. The Kier molecular flexibility index (Phi) is 6.90. The number of sulfonamides is 1. The van der Waals surface area contributed by atoms with Gasteiger partial charge in [0.2, 0.25) is 15.9 Å². The lowest BCUT2D eigenvalue weighted by Crippen LogP contribution is -2.32. The van der Waals surface area contributed by atoms with Crippen LogP contribution in [-0.2, 0) is 26.1 Å². The van der Waals surface area contributed by atoms with E-state index in [9.17, 15) is 13.2 Å². The van der Waals surface area contributed by atoms with Crippen LogP contribution in [0.25, 0.3) is 11.3 Å². The molecule has 2 heterocycles. The van der Waals surface area contributed by atoms with Crippen molar-refractivity contribution in [2.45, 2.75) is 30.4 Å². The van der Waals surface area contributed by atoms with E-state index in [0.717, 1.165) is 18.4 Å². The molecule has 0 spiro atoms. The summed E-state index contributed by atoms with van der Waals surface area (Å²) in [6.45, 7) is 0.556. The van der Waals surface area contributed by atoms with E-state index in [-0.39, 0.29) is 40.6 Å². The highest BCUT2D eigenvalue weighted by molar-refractivity contribution is 7.89. The molecule has 0 saturated carbocycles. The van der Waals surface area contributed by atoms with E-state index in [2.05, 4.69) is 9.71 Å². The Morgan fingerprint density at radius 1 is 1.22 bits per heavy atom. The summed E-state index contributed by atoms with van der Waals surface area (Å²) < 4.78 is 44.1. The highest BCUT2D eigenvalue weighted by Gasteiger charge is 2.24. The minimum atomic E-state index is -3.93. The summed E-state index contributed by atoms with van der Waals surface area (Å²) in [5.41, 5.74) is 0.891. The molecule has 1 aromatic heterocycles. The number of halogens is 1. The van der Waals surface area contributed by atoms with Gasteiger partial charge in [-0.1, -0.05) is 41.9 Å². The maximum Gasteiger partial charge on any atom is 0.338 e. The molecule has 3 aromatic rings. The van der Waals surface area contributed by atoms with Crippen molar-refractivity contribution < 1.29 is 27.1 Å². The average molecular weight is 477 g/mol. The highest BCUT2D eigenvalue weighted by atomic mass is 35.5. The maximum atomic E-state index is 12.7. The highest BCUT2D eigenvalue weighted by Crippen LogP contribution is 2.24. The Hall–Kier alpha value is -2.72. The van der Waals surface area contributed by atoms with Crippen LogP contribution in [0.1, 0.15) is 29.1 Å². The number of oxazole rings is 1. The van der Waals surface area contributed by atoms with Crippen LogP contribution in [0.2, 0.25) is 5.02 Å². The predicted octanol–water partition coefficient (Wildman–Crippen LogP) is 3.81. The third-order valence-corrected chi connectivity index (χ3v) is 6.83. The molecule has 1 fully saturated rings. The zero-order valence-corrected chi connectivity index (χ0v) is 18.6. The van der Waals surface area contributed by atoms with Crippen LogP contribution >= 0.6 is 11.6 Å². The molecule has 1 N–H and O–H groups in total. The molecule has 32 heavy (non-hydrogen) atoms. The zero-order valence-electron chi connectivity index (χ0n) is 17.0. The fraction of sp³-hybridized carbons (Fsp3) is 0.273. The number of hydrogen-bond donors (Lipinski definition) is 1. The number of carbonyl (C=O) groups is 1. The summed E-state index contributed by atoms with van der Waals surface area (Å²) in [5.74, 6) is 0.0442. The van der Waals surface area contributed by atoms with Crippen molar-refractivity contribution in [2.75, 3.05) is 13.2 Å². The van der Waals surface area contributed by atoms with Gasteiger partial charge in [-0.15, -0.1) is 0 Å². The minimum Gasteiger partial charge on any atom is -0.452 e. The van der Waals surface area contributed by atoms with Crippen molar-refractivity contribution in [3.05, 3.63) is 71.2 Å². The Labute approximate surface area is 190 Å². The van der Waals surface area contributed by atoms with Gasteiger partial charge in [0.25, 0.3) is 0 Å². The van der Waals surface area contributed by atoms with Crippen molar-refractivity contribution >= 4 is 27.6 Å². The van der Waals surface area contributed by atoms with E-state index in [1.54, 1.807) is 6.20 Å². The number of esters is 1. The van der Waals surface area contributed by atoms with Crippen molar-refractivity contribution in [1.82, 2.24) is 9.71 Å². The first-order chi connectivity index (χ1) is 15.4. The summed E-state index contributed by atoms with van der Waals surface area (Å²) in [5, 5.41) is 0.00148. The van der Waals surface area contributed by atoms with Crippen LogP contribution in [0.5, 0.6) is 0 Å². The SMILES string of the molecule is O=C(OCc1ncc(-c2ccccc2)o1)c1ccc(Cl)c(S(=O)(=O)NCC2CCCO2)c1. The number of rotatable bonds is 8. The summed E-state index contributed by atoms with van der Waals surface area (Å²) in [7, 11) is -3.93. The quantitative estimate of drug-likeness (QED) is 0.492. The molecule has 0 radical (unpaired) electrons. The molecule has 8 nitrogen and oxygen atoms in total. The van der Waals surface area contributed by atoms with Gasteiger partial charge in [-0.05, 0) is 31.0 Å². The van der Waals surface area contributed by atoms with Gasteiger partial charge >= 0.3 is 5.97 Å². The smallest absolute Gasteiger partial charge is 0.338 e. The normalized spacial score (nSPS) is 16.2. The third-order valence-electron chi connectivity index (χ3n) is 4.92. The molecule has 10 heteroatoms. The number of nitrogens with zero attached hydrogens (tertiary/aromatic N) is 1. The van der Waals surface area contributed by atoms with E-state index in [4.69, 9.17) is 25.5 Å². The van der Waals surface area contributed by atoms with E-state index in [1.807, 2.05) is 30.3 Å². The van der Waals surface area contributed by atoms with Gasteiger partial charge in [-0.3, -0.25) is 0 Å².